The predicted octanol–water partition coefficient (Wildman–Crippen LogP) is 7.84. The fraction of sp³-hybridized carbons (Fsp3) is 0.571. The third-order valence-electron chi connectivity index (χ3n) is 23.1. The quantitative estimate of drug-likeness (QED) is 0.0380. The zero-order valence-electron chi connectivity index (χ0n) is 57.1. The number of nitrogens with zero attached hydrogens (tertiary/aromatic N) is 4. The topological polar surface area (TPSA) is 389 Å². The lowest BCUT2D eigenvalue weighted by Crippen LogP contribution is -2.54. The molecule has 10 bridgehead atoms. The molecule has 11 heterocycles. The molecule has 14 aliphatic rings. The molecule has 2 aromatic heterocycles. The Bertz CT molecular complexity index is 3530. The number of esters is 3. The minimum absolute atomic E-state index is 0. The van der Waals surface area contributed by atoms with Crippen molar-refractivity contribution in [3.63, 3.8) is 0 Å². The van der Waals surface area contributed by atoms with Crippen LogP contribution in [0.2, 0.25) is 0 Å². The number of aliphatic carboxylic acids is 4. The van der Waals surface area contributed by atoms with E-state index < -0.39 is 77.7 Å². The highest BCUT2D eigenvalue weighted by Gasteiger charge is 2.53. The summed E-state index contributed by atoms with van der Waals surface area (Å²) in [6, 6.07) is 20.5. The molecular weight excluding hydrogens is 1320 g/mol. The number of ketones is 4. The molecule has 9 aliphatic heterocycles. The van der Waals surface area contributed by atoms with Crippen LogP contribution in [0.4, 0.5) is 0 Å². The zero-order chi connectivity index (χ0) is 72.8. The third kappa shape index (κ3) is 17.4. The van der Waals surface area contributed by atoms with Crippen LogP contribution in [-0.2, 0) is 67.0 Å². The highest BCUT2D eigenvalue weighted by Crippen LogP contribution is 2.46. The van der Waals surface area contributed by atoms with Gasteiger partial charge in [0.05, 0.1) is 70.8 Å². The Hall–Kier alpha value is -8.49. The Morgan fingerprint density at radius 1 is 0.480 bits per heavy atom. The fourth-order valence-corrected chi connectivity index (χ4v) is 17.6. The first-order valence-corrected chi connectivity index (χ1v) is 35.1. The molecule has 18 unspecified atom stereocenters. The summed E-state index contributed by atoms with van der Waals surface area (Å²) < 4.78 is 14.6. The van der Waals surface area contributed by atoms with Crippen LogP contribution in [0.15, 0.2) is 98.4 Å². The normalized spacial score (nSPS) is 34.5. The van der Waals surface area contributed by atoms with Crippen molar-refractivity contribution in [3.8, 4) is 0 Å². The van der Waals surface area contributed by atoms with Crippen molar-refractivity contribution in [2.45, 2.75) is 167 Å². The van der Waals surface area contributed by atoms with Gasteiger partial charge in [-0.1, -0.05) is 56.0 Å². The van der Waals surface area contributed by atoms with Crippen molar-refractivity contribution >= 4 is 86.7 Å². The largest absolute Gasteiger partial charge is 0.481 e. The van der Waals surface area contributed by atoms with Crippen molar-refractivity contribution in [3.05, 3.63) is 109 Å². The number of aliphatic hydroxyl groups is 3. The van der Waals surface area contributed by atoms with Gasteiger partial charge in [0.15, 0.2) is 0 Å². The van der Waals surface area contributed by atoms with Crippen LogP contribution in [0.1, 0.15) is 141 Å². The predicted molar refractivity (Wildman–Crippen MR) is 368 cm³/mol. The maximum atomic E-state index is 11.0. The van der Waals surface area contributed by atoms with Crippen molar-refractivity contribution < 1.29 is 103 Å². The highest BCUT2D eigenvalue weighted by atomic mass is 16.6. The van der Waals surface area contributed by atoms with Crippen LogP contribution >= 0.6 is 0 Å². The zero-order valence-corrected chi connectivity index (χ0v) is 57.1. The van der Waals surface area contributed by atoms with Crippen LogP contribution in [-0.4, -0.2) is 183 Å². The fourth-order valence-electron chi connectivity index (χ4n) is 17.6. The number of carbonyl (C=O) groups is 11. The number of aliphatic hydroxyl groups excluding tert-OH is 3. The first-order valence-electron chi connectivity index (χ1n) is 35.1. The van der Waals surface area contributed by atoms with Crippen molar-refractivity contribution in [2.75, 3.05) is 26.2 Å². The molecular formula is C77H96N4O21. The van der Waals surface area contributed by atoms with Gasteiger partial charge < -0.3 is 50.0 Å². The minimum Gasteiger partial charge on any atom is -0.481 e. The maximum absolute atomic E-state index is 11.0. The van der Waals surface area contributed by atoms with E-state index >= 15 is 0 Å². The number of pyridine rings is 2. The number of hydrogen-bond acceptors (Lipinski definition) is 21. The average Bonchev–Trinajstić information content (AvgIpc) is 1.40. The molecule has 18 rings (SSSR count). The molecule has 0 spiro atoms. The van der Waals surface area contributed by atoms with E-state index in [0.717, 1.165) is 84.8 Å². The summed E-state index contributed by atoms with van der Waals surface area (Å²) in [4.78, 5) is 132. The number of rotatable bonds is 13. The number of hydrogen-bond donors (Lipinski definition) is 7. The molecule has 2 aromatic carbocycles. The van der Waals surface area contributed by atoms with Crippen molar-refractivity contribution in [1.29, 1.82) is 0 Å². The van der Waals surface area contributed by atoms with Crippen molar-refractivity contribution in [2.24, 2.45) is 82.9 Å². The van der Waals surface area contributed by atoms with Crippen LogP contribution < -0.4 is 0 Å². The summed E-state index contributed by atoms with van der Waals surface area (Å²) in [7, 11) is 0. The van der Waals surface area contributed by atoms with Gasteiger partial charge >= 0.3 is 41.8 Å². The summed E-state index contributed by atoms with van der Waals surface area (Å²) in [5.74, 6) is -6.76. The lowest BCUT2D eigenvalue weighted by Gasteiger charge is -2.50. The monoisotopic (exact) mass is 1410 g/mol. The number of aromatic nitrogens is 2. The van der Waals surface area contributed by atoms with E-state index in [-0.39, 0.29) is 122 Å². The van der Waals surface area contributed by atoms with Gasteiger partial charge in [0.2, 0.25) is 0 Å². The van der Waals surface area contributed by atoms with Gasteiger partial charge in [0, 0.05) is 78.9 Å². The maximum Gasteiger partial charge on any atom is 0.310 e. The number of piperidine rings is 6. The molecule has 102 heavy (non-hydrogen) atoms. The van der Waals surface area contributed by atoms with Gasteiger partial charge in [0.1, 0.15) is 41.4 Å². The molecule has 550 valence electrons. The van der Waals surface area contributed by atoms with E-state index in [4.69, 9.17) is 39.7 Å². The molecule has 9 saturated heterocycles. The first-order chi connectivity index (χ1) is 48.1. The van der Waals surface area contributed by atoms with Gasteiger partial charge in [0.25, 0.3) is 0 Å². The third-order valence-corrected chi connectivity index (χ3v) is 23.1. The van der Waals surface area contributed by atoms with Gasteiger partial charge in [-0.15, -0.1) is 13.2 Å². The van der Waals surface area contributed by atoms with Crippen LogP contribution in [0, 0.1) is 82.9 Å². The van der Waals surface area contributed by atoms with E-state index in [9.17, 15) is 63.0 Å². The molecule has 0 amide bonds. The second kappa shape index (κ2) is 33.7. The second-order valence-electron chi connectivity index (χ2n) is 29.1. The Morgan fingerprint density at radius 3 is 1.15 bits per heavy atom. The van der Waals surface area contributed by atoms with E-state index in [1.807, 2.05) is 60.9 Å². The molecule has 14 fully saturated rings. The Morgan fingerprint density at radius 2 is 0.843 bits per heavy atom. The van der Waals surface area contributed by atoms with Gasteiger partial charge in [-0.3, -0.25) is 72.5 Å². The van der Waals surface area contributed by atoms with E-state index in [1.165, 1.54) is 26.7 Å². The van der Waals surface area contributed by atoms with E-state index in [2.05, 4.69) is 57.2 Å². The number of Topliss-reactive ketones (excluding diaryl/α,β-unsaturated/α-hetero) is 4. The van der Waals surface area contributed by atoms with Crippen LogP contribution in [0.25, 0.3) is 21.8 Å². The second-order valence-corrected chi connectivity index (χ2v) is 29.1. The summed E-state index contributed by atoms with van der Waals surface area (Å²) in [6.45, 7) is 16.5. The van der Waals surface area contributed by atoms with Gasteiger partial charge in [-0.05, 0) is 170 Å². The van der Waals surface area contributed by atoms with E-state index in [1.54, 1.807) is 6.92 Å². The molecule has 5 aliphatic carbocycles. The molecule has 5 saturated carbocycles. The summed E-state index contributed by atoms with van der Waals surface area (Å²) in [6.07, 6.45) is 15.1. The average molecular weight is 1410 g/mol. The van der Waals surface area contributed by atoms with Crippen LogP contribution in [0.5, 0.6) is 0 Å². The van der Waals surface area contributed by atoms with Gasteiger partial charge in [-0.2, -0.15) is 0 Å². The number of carbonyl (C=O) groups excluding carboxylic acids is 7. The Kier molecular flexibility index (Phi) is 25.7. The Labute approximate surface area is 592 Å². The summed E-state index contributed by atoms with van der Waals surface area (Å²) in [5.41, 5.74) is 3.94. The minimum atomic E-state index is -1.04. The van der Waals surface area contributed by atoms with E-state index in [0.29, 0.717) is 55.8 Å². The molecule has 25 heteroatoms. The highest BCUT2D eigenvalue weighted by molar-refractivity contribution is 5.96. The molecule has 7 N–H and O–H groups in total. The number of benzene rings is 2. The molecule has 24 atom stereocenters. The molecule has 0 radical (unpaired) electrons. The number of carboxylic acids is 4. The number of ether oxygens (including phenoxy) is 3. The summed E-state index contributed by atoms with van der Waals surface area (Å²) >= 11 is 0. The molecule has 25 nitrogen and oxygen atoms in total. The Balaban J connectivity index is 0.000000142. The first kappa shape index (κ1) is 77.7. The van der Waals surface area contributed by atoms with Crippen molar-refractivity contribution in [1.82, 2.24) is 19.8 Å². The molecule has 4 aromatic rings. The summed E-state index contributed by atoms with van der Waals surface area (Å²) in [5, 5.41) is 68.0. The van der Waals surface area contributed by atoms with Gasteiger partial charge in [-0.25, -0.2) is 0 Å². The SMILES string of the molecule is C.C=CC1CN2CCC1CC2[C@H](O)c1ccnc2ccccc12.C=CC1CN2CCC1CC2[C@H](O)c1ccnc2ccccc12.CC(=O)C1CC2CC1C(=O)O2.CC(=O)[C@@H]1CC(=O)C[C@H]1C(=O)O.CC(=O)[C@@H]1CC(O)C[C@H]1C(=O)O.O=C(O)C1CC2CC1C(=O)O2.O=C(O)C1CC2CC1C(=O)O2. The lowest BCUT2D eigenvalue weighted by atomic mass is 9.73. The van der Waals surface area contributed by atoms with Crippen LogP contribution in [0.3, 0.4) is 0 Å². The smallest absolute Gasteiger partial charge is 0.310 e. The number of fused-ring (bicyclic) bond motifs is 14. The lowest BCUT2D eigenvalue weighted by molar-refractivity contribution is -0.158. The number of carboxylic acid groups (broad SMARTS) is 4. The standard InChI is InChI=1S/2C19H22N2O.C8H12O4.C8H10O4.C8H10O3.2C7H8O4.CH4/c2*1-2-13-12-21-10-8-14(13)11-18(21)19(22)16-7-9-20-17-6-4-3-5-15(16)17;2*1-4(9)6-2-5(10)3-7(6)8(11)12;1-4(9)6-2-5-3-7(6)8(10)11-5;2*8-6(9)4-1-3-2-5(4)7(10)11-3;/h2*2-7,9,13-14,18-19,22H,1,8,10-12H2;5-7,10H,2-3H2,1H3,(H,11,12);6-7H,2-3H2,1H3,(H,11,12);5-7H,2-3H2,1H3;2*3-5H,1-2H2,(H,8,9);1H4/t2*13?,14?,18?,19-;5?,6-,7+;6-,7+;;;;/m1100..../s1. The number of para-hydroxylation sites is 2.